The molecule has 0 aliphatic heterocycles. The highest BCUT2D eigenvalue weighted by atomic mass is 15.3. The van der Waals surface area contributed by atoms with Crippen LogP contribution in [0.1, 0.15) is 5.56 Å². The predicted octanol–water partition coefficient (Wildman–Crippen LogP) is -0.0921. The van der Waals surface area contributed by atoms with Crippen LogP contribution in [0.2, 0.25) is 0 Å². The van der Waals surface area contributed by atoms with Crippen molar-refractivity contribution in [2.24, 2.45) is 7.05 Å². The Morgan fingerprint density at radius 3 is 2.74 bits per heavy atom. The molecule has 0 amide bonds. The summed E-state index contributed by atoms with van der Waals surface area (Å²) in [5.74, 6) is 1.24. The number of nitrogen functional groups attached to an aromatic ring is 1. The SMILES string of the molecule is CN(C)c1nc(N)nc(NCCc2cnn(C)c2)n1. The maximum absolute atomic E-state index is 5.64. The minimum absolute atomic E-state index is 0.211. The predicted molar refractivity (Wildman–Crippen MR) is 74.0 cm³/mol. The molecule has 2 aromatic heterocycles. The van der Waals surface area contributed by atoms with Gasteiger partial charge in [0.1, 0.15) is 0 Å². The number of anilines is 3. The molecule has 0 fully saturated rings. The van der Waals surface area contributed by atoms with Crippen molar-refractivity contribution in [3.63, 3.8) is 0 Å². The molecule has 0 radical (unpaired) electrons. The third kappa shape index (κ3) is 3.54. The monoisotopic (exact) mass is 262 g/mol. The molecule has 3 N–H and O–H groups in total. The van der Waals surface area contributed by atoms with Gasteiger partial charge in [-0.05, 0) is 12.0 Å². The largest absolute Gasteiger partial charge is 0.368 e. The third-order valence-electron chi connectivity index (χ3n) is 2.50. The molecule has 0 aliphatic carbocycles. The number of aromatic nitrogens is 5. The molecule has 0 saturated heterocycles. The van der Waals surface area contributed by atoms with E-state index >= 15 is 0 Å². The van der Waals surface area contributed by atoms with E-state index in [2.05, 4.69) is 25.4 Å². The van der Waals surface area contributed by atoms with Crippen LogP contribution in [0.25, 0.3) is 0 Å². The fraction of sp³-hybridized carbons (Fsp3) is 0.455. The zero-order valence-corrected chi connectivity index (χ0v) is 11.3. The van der Waals surface area contributed by atoms with E-state index in [-0.39, 0.29) is 5.95 Å². The van der Waals surface area contributed by atoms with E-state index in [1.165, 1.54) is 0 Å². The van der Waals surface area contributed by atoms with Crippen LogP contribution < -0.4 is 16.0 Å². The fourth-order valence-electron chi connectivity index (χ4n) is 1.58. The van der Waals surface area contributed by atoms with Gasteiger partial charge in [0.2, 0.25) is 17.8 Å². The van der Waals surface area contributed by atoms with Gasteiger partial charge < -0.3 is 16.0 Å². The van der Waals surface area contributed by atoms with Gasteiger partial charge in [-0.15, -0.1) is 0 Å². The van der Waals surface area contributed by atoms with Crippen molar-refractivity contribution in [1.82, 2.24) is 24.7 Å². The normalized spacial score (nSPS) is 10.5. The Morgan fingerprint density at radius 2 is 2.11 bits per heavy atom. The van der Waals surface area contributed by atoms with Crippen LogP contribution in [0.15, 0.2) is 12.4 Å². The molecule has 0 bridgehead atoms. The lowest BCUT2D eigenvalue weighted by Gasteiger charge is -2.11. The molecule has 0 aliphatic rings. The van der Waals surface area contributed by atoms with Gasteiger partial charge in [0.15, 0.2) is 0 Å². The first kappa shape index (κ1) is 13.1. The highest BCUT2D eigenvalue weighted by Gasteiger charge is 2.05. The summed E-state index contributed by atoms with van der Waals surface area (Å²) in [7, 11) is 5.61. The summed E-state index contributed by atoms with van der Waals surface area (Å²) in [6.45, 7) is 0.710. The van der Waals surface area contributed by atoms with Crippen LogP contribution in [0, 0.1) is 0 Å². The number of nitrogens with zero attached hydrogens (tertiary/aromatic N) is 6. The Kier molecular flexibility index (Phi) is 3.79. The molecule has 8 nitrogen and oxygen atoms in total. The number of rotatable bonds is 5. The molecule has 2 aromatic rings. The second-order valence-electron chi connectivity index (χ2n) is 4.41. The van der Waals surface area contributed by atoms with Crippen LogP contribution in [-0.2, 0) is 13.5 Å². The van der Waals surface area contributed by atoms with Gasteiger partial charge in [0.25, 0.3) is 0 Å². The van der Waals surface area contributed by atoms with Crippen LogP contribution in [0.4, 0.5) is 17.8 Å². The first-order valence-corrected chi connectivity index (χ1v) is 5.95. The van der Waals surface area contributed by atoms with Crippen molar-refractivity contribution in [1.29, 1.82) is 0 Å². The van der Waals surface area contributed by atoms with Gasteiger partial charge in [0, 0.05) is 33.9 Å². The topological polar surface area (TPSA) is 97.8 Å². The molecule has 19 heavy (non-hydrogen) atoms. The van der Waals surface area contributed by atoms with Crippen LogP contribution in [-0.4, -0.2) is 45.4 Å². The van der Waals surface area contributed by atoms with E-state index < -0.39 is 0 Å². The van der Waals surface area contributed by atoms with Crippen molar-refractivity contribution < 1.29 is 0 Å². The molecule has 0 saturated carbocycles. The number of hydrogen-bond donors (Lipinski definition) is 2. The van der Waals surface area contributed by atoms with Gasteiger partial charge in [-0.2, -0.15) is 20.1 Å². The van der Waals surface area contributed by atoms with E-state index in [0.29, 0.717) is 18.4 Å². The van der Waals surface area contributed by atoms with E-state index in [0.717, 1.165) is 12.0 Å². The quantitative estimate of drug-likeness (QED) is 0.777. The molecule has 0 atom stereocenters. The molecular weight excluding hydrogens is 244 g/mol. The van der Waals surface area contributed by atoms with Crippen molar-refractivity contribution in [2.45, 2.75) is 6.42 Å². The average molecular weight is 262 g/mol. The van der Waals surface area contributed by atoms with Crippen LogP contribution >= 0.6 is 0 Å². The minimum atomic E-state index is 0.211. The summed E-state index contributed by atoms with van der Waals surface area (Å²) < 4.78 is 1.78. The van der Waals surface area contributed by atoms with Gasteiger partial charge in [-0.1, -0.05) is 0 Å². The highest BCUT2D eigenvalue weighted by Crippen LogP contribution is 2.09. The molecule has 8 heteroatoms. The molecule has 2 rings (SSSR count). The number of nitrogens with one attached hydrogen (secondary N) is 1. The highest BCUT2D eigenvalue weighted by molar-refractivity contribution is 5.40. The molecule has 0 aromatic carbocycles. The van der Waals surface area contributed by atoms with Gasteiger partial charge in [0.05, 0.1) is 6.20 Å². The van der Waals surface area contributed by atoms with E-state index in [1.54, 1.807) is 9.58 Å². The summed E-state index contributed by atoms with van der Waals surface area (Å²) >= 11 is 0. The maximum Gasteiger partial charge on any atom is 0.231 e. The van der Waals surface area contributed by atoms with Crippen LogP contribution in [0.3, 0.4) is 0 Å². The second-order valence-corrected chi connectivity index (χ2v) is 4.41. The molecule has 0 spiro atoms. The molecular formula is C11H18N8. The van der Waals surface area contributed by atoms with Crippen molar-refractivity contribution in [3.05, 3.63) is 18.0 Å². The van der Waals surface area contributed by atoms with Gasteiger partial charge >= 0.3 is 0 Å². The summed E-state index contributed by atoms with van der Waals surface area (Å²) in [5.41, 5.74) is 6.80. The third-order valence-corrected chi connectivity index (χ3v) is 2.50. The van der Waals surface area contributed by atoms with Crippen LogP contribution in [0.5, 0.6) is 0 Å². The minimum Gasteiger partial charge on any atom is -0.368 e. The Labute approximate surface area is 111 Å². The summed E-state index contributed by atoms with van der Waals surface area (Å²) in [5, 5.41) is 7.25. The average Bonchev–Trinajstić information content (AvgIpc) is 2.74. The maximum atomic E-state index is 5.64. The van der Waals surface area contributed by atoms with E-state index in [4.69, 9.17) is 5.73 Å². The number of hydrogen-bond acceptors (Lipinski definition) is 7. The summed E-state index contributed by atoms with van der Waals surface area (Å²) in [4.78, 5) is 14.1. The van der Waals surface area contributed by atoms with Gasteiger partial charge in [-0.25, -0.2) is 0 Å². The first-order valence-electron chi connectivity index (χ1n) is 5.95. The second kappa shape index (κ2) is 5.51. The lowest BCUT2D eigenvalue weighted by molar-refractivity contribution is 0.766. The van der Waals surface area contributed by atoms with E-state index in [1.807, 2.05) is 33.5 Å². The summed E-state index contributed by atoms with van der Waals surface area (Å²) in [6, 6.07) is 0. The van der Waals surface area contributed by atoms with E-state index in [9.17, 15) is 0 Å². The first-order chi connectivity index (χ1) is 9.04. The van der Waals surface area contributed by atoms with Crippen molar-refractivity contribution >= 4 is 17.8 Å². The lowest BCUT2D eigenvalue weighted by Crippen LogP contribution is -2.17. The van der Waals surface area contributed by atoms with Gasteiger partial charge in [-0.3, -0.25) is 4.68 Å². The zero-order chi connectivity index (χ0) is 13.8. The van der Waals surface area contributed by atoms with Crippen molar-refractivity contribution in [2.75, 3.05) is 36.6 Å². The van der Waals surface area contributed by atoms with Crippen molar-refractivity contribution in [3.8, 4) is 0 Å². The zero-order valence-electron chi connectivity index (χ0n) is 11.3. The smallest absolute Gasteiger partial charge is 0.231 e. The Hall–Kier alpha value is -2.38. The molecule has 0 unspecified atom stereocenters. The fourth-order valence-corrected chi connectivity index (χ4v) is 1.58. The Balaban J connectivity index is 1.95. The summed E-state index contributed by atoms with van der Waals surface area (Å²) in [6.07, 6.45) is 4.67. The Bertz CT molecular complexity index is 547. The Morgan fingerprint density at radius 1 is 1.32 bits per heavy atom. The molecule has 102 valence electrons. The molecule has 2 heterocycles. The standard InChI is InChI=1S/C11H18N8/c1-18(2)11-16-9(12)15-10(17-11)13-5-4-8-6-14-19(3)7-8/h6-7H,4-5H2,1-3H3,(H3,12,13,15,16,17). The number of aryl methyl sites for hydroxylation is 1. The lowest BCUT2D eigenvalue weighted by atomic mass is 10.2. The number of nitrogens with two attached hydrogens (primary N) is 1.